The average Bonchev–Trinajstić information content (AvgIpc) is 3.13. The number of amides is 3. The molecule has 250 valence electrons. The molecular formula is C35H34FN9O4. The van der Waals surface area contributed by atoms with Crippen LogP contribution in [-0.4, -0.2) is 84.3 Å². The molecule has 13 nitrogen and oxygen atoms in total. The third-order valence-corrected chi connectivity index (χ3v) is 8.61. The van der Waals surface area contributed by atoms with E-state index in [0.29, 0.717) is 60.3 Å². The number of rotatable bonds is 10. The van der Waals surface area contributed by atoms with Gasteiger partial charge in [0.25, 0.3) is 11.5 Å². The molecule has 0 aliphatic carbocycles. The Morgan fingerprint density at radius 2 is 1.63 bits per heavy atom. The van der Waals surface area contributed by atoms with Crippen LogP contribution in [0.1, 0.15) is 52.0 Å². The van der Waals surface area contributed by atoms with Crippen LogP contribution < -0.4 is 10.9 Å². The van der Waals surface area contributed by atoms with E-state index < -0.39 is 11.7 Å². The van der Waals surface area contributed by atoms with Crippen molar-refractivity contribution in [3.8, 4) is 11.4 Å². The summed E-state index contributed by atoms with van der Waals surface area (Å²) in [5, 5.41) is 26.2. The van der Waals surface area contributed by atoms with Crippen LogP contribution >= 0.6 is 0 Å². The van der Waals surface area contributed by atoms with E-state index in [9.17, 15) is 23.6 Å². The fourth-order valence-corrected chi connectivity index (χ4v) is 5.87. The summed E-state index contributed by atoms with van der Waals surface area (Å²) < 4.78 is 14.9. The Labute approximate surface area is 280 Å². The van der Waals surface area contributed by atoms with Gasteiger partial charge >= 0.3 is 0 Å². The minimum Gasteiger partial charge on any atom is -0.352 e. The quantitative estimate of drug-likeness (QED) is 0.228. The van der Waals surface area contributed by atoms with Crippen molar-refractivity contribution in [3.05, 3.63) is 111 Å². The lowest BCUT2D eigenvalue weighted by Gasteiger charge is -2.35. The number of benzene rings is 3. The number of hydrogen-bond donors (Lipinski definition) is 2. The molecular weight excluding hydrogens is 629 g/mol. The summed E-state index contributed by atoms with van der Waals surface area (Å²) in [6, 6.07) is 17.1. The van der Waals surface area contributed by atoms with E-state index in [1.54, 1.807) is 34.1 Å². The second-order valence-electron chi connectivity index (χ2n) is 11.9. The summed E-state index contributed by atoms with van der Waals surface area (Å²) in [6.07, 6.45) is 2.37. The van der Waals surface area contributed by atoms with Gasteiger partial charge < -0.3 is 15.1 Å². The zero-order valence-corrected chi connectivity index (χ0v) is 26.9. The fourth-order valence-electron chi connectivity index (χ4n) is 5.87. The normalized spacial score (nSPS) is 13.0. The first-order valence-electron chi connectivity index (χ1n) is 16.0. The number of fused-ring (bicyclic) bond motifs is 1. The van der Waals surface area contributed by atoms with Gasteiger partial charge in [0.1, 0.15) is 5.82 Å². The Balaban J connectivity index is 0.956. The number of carbonyl (C=O) groups is 3. The second-order valence-corrected chi connectivity index (χ2v) is 11.9. The van der Waals surface area contributed by atoms with Crippen molar-refractivity contribution >= 4 is 28.5 Å². The number of nitrogens with zero attached hydrogens (tertiary/aromatic N) is 7. The lowest BCUT2D eigenvalue weighted by atomic mass is 10.0. The van der Waals surface area contributed by atoms with Crippen LogP contribution in [0.5, 0.6) is 0 Å². The van der Waals surface area contributed by atoms with Gasteiger partial charge in [0.2, 0.25) is 17.6 Å². The van der Waals surface area contributed by atoms with Gasteiger partial charge in [-0.05, 0) is 54.3 Å². The van der Waals surface area contributed by atoms with Crippen LogP contribution in [0.4, 0.5) is 4.39 Å². The standard InChI is InChI=1S/C35H34FN9O4/c1-22-17-24(33-41-38-21-39-42-33)10-11-25(22)20-37-31(46)7-4-8-32(47)44-13-15-45(16-14-44)35(49)28-18-23(9-12-29(28)36)19-30-26-5-2-3-6-27(26)34(48)43-40-30/h2-3,5-6,9-12,17-18,21H,4,7-8,13-16,19-20H2,1H3,(H,37,46)(H,43,48). The maximum Gasteiger partial charge on any atom is 0.272 e. The van der Waals surface area contributed by atoms with Gasteiger partial charge in [0, 0.05) is 62.9 Å². The number of aromatic amines is 1. The molecule has 6 rings (SSSR count). The number of nitrogens with one attached hydrogen (secondary N) is 2. The van der Waals surface area contributed by atoms with E-state index in [-0.39, 0.29) is 48.9 Å². The van der Waals surface area contributed by atoms with Gasteiger partial charge in [-0.25, -0.2) is 9.49 Å². The SMILES string of the molecule is Cc1cc(-c2nncnn2)ccc1CNC(=O)CCCC(=O)N1CCN(C(=O)c2cc(Cc3n[nH]c(=O)c4ccccc34)ccc2F)CC1. The van der Waals surface area contributed by atoms with E-state index in [1.165, 1.54) is 18.5 Å². The summed E-state index contributed by atoms with van der Waals surface area (Å²) >= 11 is 0. The van der Waals surface area contributed by atoms with Crippen LogP contribution in [0.15, 0.2) is 71.8 Å². The predicted octanol–water partition coefficient (Wildman–Crippen LogP) is 2.98. The van der Waals surface area contributed by atoms with Crippen LogP contribution in [-0.2, 0) is 22.6 Å². The zero-order chi connectivity index (χ0) is 34.3. The Morgan fingerprint density at radius 1 is 0.898 bits per heavy atom. The lowest BCUT2D eigenvalue weighted by molar-refractivity contribution is -0.132. The first-order valence-corrected chi connectivity index (χ1v) is 16.0. The number of aryl methyl sites for hydroxylation is 1. The molecule has 49 heavy (non-hydrogen) atoms. The van der Waals surface area contributed by atoms with Gasteiger partial charge in [-0.15, -0.1) is 20.4 Å². The molecule has 2 N–H and O–H groups in total. The van der Waals surface area contributed by atoms with Gasteiger partial charge in [0.05, 0.1) is 16.6 Å². The molecule has 3 heterocycles. The third kappa shape index (κ3) is 7.80. The van der Waals surface area contributed by atoms with Crippen molar-refractivity contribution in [2.24, 2.45) is 0 Å². The summed E-state index contributed by atoms with van der Waals surface area (Å²) in [4.78, 5) is 54.1. The highest BCUT2D eigenvalue weighted by Crippen LogP contribution is 2.21. The Kier molecular flexibility index (Phi) is 10.0. The van der Waals surface area contributed by atoms with Gasteiger partial charge in [0.15, 0.2) is 6.33 Å². The average molecular weight is 664 g/mol. The minimum atomic E-state index is -0.631. The molecule has 0 radical (unpaired) electrons. The predicted molar refractivity (Wildman–Crippen MR) is 178 cm³/mol. The monoisotopic (exact) mass is 663 g/mol. The van der Waals surface area contributed by atoms with Crippen molar-refractivity contribution in [2.45, 2.75) is 39.2 Å². The number of aromatic nitrogens is 6. The molecule has 5 aromatic rings. The molecule has 0 bridgehead atoms. The first-order chi connectivity index (χ1) is 23.8. The molecule has 0 atom stereocenters. The number of hydrogen-bond acceptors (Lipinski definition) is 9. The van der Waals surface area contributed by atoms with Crippen LogP contribution in [0, 0.1) is 12.7 Å². The second kappa shape index (κ2) is 14.9. The lowest BCUT2D eigenvalue weighted by Crippen LogP contribution is -2.50. The molecule has 3 aromatic carbocycles. The van der Waals surface area contributed by atoms with Crippen LogP contribution in [0.3, 0.4) is 0 Å². The zero-order valence-electron chi connectivity index (χ0n) is 26.9. The Morgan fingerprint density at radius 3 is 2.39 bits per heavy atom. The van der Waals surface area contributed by atoms with E-state index >= 15 is 0 Å². The largest absolute Gasteiger partial charge is 0.352 e. The molecule has 1 fully saturated rings. The number of halogens is 1. The molecule has 0 spiro atoms. The van der Waals surface area contributed by atoms with E-state index in [1.807, 2.05) is 31.2 Å². The third-order valence-electron chi connectivity index (χ3n) is 8.61. The summed E-state index contributed by atoms with van der Waals surface area (Å²) in [5.74, 6) is -0.902. The highest BCUT2D eigenvalue weighted by Gasteiger charge is 2.26. The van der Waals surface area contributed by atoms with Gasteiger partial charge in [-0.3, -0.25) is 19.2 Å². The topological polar surface area (TPSA) is 167 Å². The number of H-pyrrole nitrogens is 1. The van der Waals surface area contributed by atoms with Crippen molar-refractivity contribution in [1.29, 1.82) is 0 Å². The van der Waals surface area contributed by atoms with Crippen molar-refractivity contribution in [2.75, 3.05) is 26.2 Å². The van der Waals surface area contributed by atoms with Gasteiger partial charge in [-0.1, -0.05) is 36.4 Å². The Hall–Kier alpha value is -5.92. The highest BCUT2D eigenvalue weighted by molar-refractivity contribution is 5.95. The van der Waals surface area contributed by atoms with Gasteiger partial charge in [-0.2, -0.15) is 5.10 Å². The molecule has 0 saturated carbocycles. The molecule has 1 saturated heterocycles. The van der Waals surface area contributed by atoms with Crippen molar-refractivity contribution in [3.63, 3.8) is 0 Å². The van der Waals surface area contributed by atoms with E-state index in [0.717, 1.165) is 16.7 Å². The number of carbonyl (C=O) groups excluding carboxylic acids is 3. The summed E-state index contributed by atoms with van der Waals surface area (Å²) in [5.41, 5.74) is 3.63. The van der Waals surface area contributed by atoms with Crippen LogP contribution in [0.2, 0.25) is 0 Å². The molecule has 1 aliphatic rings. The van der Waals surface area contributed by atoms with E-state index in [2.05, 4.69) is 35.9 Å². The maximum absolute atomic E-state index is 14.9. The van der Waals surface area contributed by atoms with Crippen molar-refractivity contribution < 1.29 is 18.8 Å². The summed E-state index contributed by atoms with van der Waals surface area (Å²) in [7, 11) is 0. The molecule has 14 heteroatoms. The molecule has 3 amide bonds. The van der Waals surface area contributed by atoms with E-state index in [4.69, 9.17) is 0 Å². The fraction of sp³-hybridized carbons (Fsp3) is 0.286. The first kappa shape index (κ1) is 33.0. The highest BCUT2D eigenvalue weighted by atomic mass is 19.1. The minimum absolute atomic E-state index is 0.0528. The molecule has 2 aromatic heterocycles. The maximum atomic E-state index is 14.9. The Bertz CT molecular complexity index is 2060. The number of piperazine rings is 1. The smallest absolute Gasteiger partial charge is 0.272 e. The summed E-state index contributed by atoms with van der Waals surface area (Å²) in [6.45, 7) is 3.46. The van der Waals surface area contributed by atoms with Crippen LogP contribution in [0.25, 0.3) is 22.2 Å². The molecule has 1 aliphatic heterocycles. The van der Waals surface area contributed by atoms with Crippen molar-refractivity contribution in [1.82, 2.24) is 45.7 Å². The molecule has 0 unspecified atom stereocenters.